The number of nitrogens with one attached hydrogen (secondary N) is 1. The Bertz CT molecular complexity index is 533. The summed E-state index contributed by atoms with van der Waals surface area (Å²) in [6.45, 7) is 1.11. The van der Waals surface area contributed by atoms with Gasteiger partial charge in [0.1, 0.15) is 0 Å². The van der Waals surface area contributed by atoms with Crippen LogP contribution in [0.25, 0.3) is 0 Å². The maximum atomic E-state index is 6.04. The van der Waals surface area contributed by atoms with Crippen molar-refractivity contribution in [2.75, 3.05) is 6.54 Å². The van der Waals surface area contributed by atoms with E-state index < -0.39 is 0 Å². The summed E-state index contributed by atoms with van der Waals surface area (Å²) in [6, 6.07) is 15.8. The van der Waals surface area contributed by atoms with Gasteiger partial charge in [-0.1, -0.05) is 41.9 Å². The first-order chi connectivity index (χ1) is 9.79. The standard InChI is InChI=1S/C17H20ClNS/c18-17-9-8-16(20-17)11-14(12-19-15-6-7-15)10-13-4-2-1-3-5-13/h1-5,8-9,14-15,19H,6-7,10-12H2. The molecule has 1 heterocycles. The molecule has 1 atom stereocenters. The minimum Gasteiger partial charge on any atom is -0.314 e. The van der Waals surface area contributed by atoms with Crippen LogP contribution in [0.2, 0.25) is 4.34 Å². The molecule has 1 aliphatic rings. The molecule has 1 unspecified atom stereocenters. The van der Waals surface area contributed by atoms with Crippen LogP contribution in [-0.2, 0) is 12.8 Å². The lowest BCUT2D eigenvalue weighted by atomic mass is 9.95. The molecule has 1 N–H and O–H groups in total. The Morgan fingerprint density at radius 2 is 1.90 bits per heavy atom. The van der Waals surface area contributed by atoms with Crippen LogP contribution < -0.4 is 5.32 Å². The highest BCUT2D eigenvalue weighted by Gasteiger charge is 2.22. The van der Waals surface area contributed by atoms with Crippen LogP contribution in [0.5, 0.6) is 0 Å². The molecule has 1 aliphatic carbocycles. The second-order valence-corrected chi connectivity index (χ2v) is 7.45. The Kier molecular flexibility index (Phi) is 4.77. The lowest BCUT2D eigenvalue weighted by Crippen LogP contribution is -2.27. The van der Waals surface area contributed by atoms with Gasteiger partial charge in [0.15, 0.2) is 0 Å². The second-order valence-electron chi connectivity index (χ2n) is 5.65. The topological polar surface area (TPSA) is 12.0 Å². The molecule has 0 saturated heterocycles. The number of rotatable bonds is 7. The van der Waals surface area contributed by atoms with Crippen molar-refractivity contribution in [2.24, 2.45) is 5.92 Å². The molecule has 1 fully saturated rings. The number of thiophene rings is 1. The SMILES string of the molecule is Clc1ccc(CC(CNC2CC2)Cc2ccccc2)s1. The third kappa shape index (κ3) is 4.34. The molecule has 2 aromatic rings. The van der Waals surface area contributed by atoms with Crippen molar-refractivity contribution >= 4 is 22.9 Å². The molecule has 3 rings (SSSR count). The van der Waals surface area contributed by atoms with Gasteiger partial charge in [0.05, 0.1) is 4.34 Å². The lowest BCUT2D eigenvalue weighted by molar-refractivity contribution is 0.471. The molecule has 0 radical (unpaired) electrons. The average molecular weight is 306 g/mol. The third-order valence-corrected chi connectivity index (χ3v) is 5.01. The molecule has 0 aliphatic heterocycles. The first kappa shape index (κ1) is 14.1. The van der Waals surface area contributed by atoms with E-state index in [4.69, 9.17) is 11.6 Å². The van der Waals surface area contributed by atoms with Gasteiger partial charge in [-0.15, -0.1) is 11.3 Å². The fourth-order valence-electron chi connectivity index (χ4n) is 2.53. The highest BCUT2D eigenvalue weighted by Crippen LogP contribution is 2.26. The zero-order valence-electron chi connectivity index (χ0n) is 11.5. The summed E-state index contributed by atoms with van der Waals surface area (Å²) < 4.78 is 0.897. The van der Waals surface area contributed by atoms with Crippen molar-refractivity contribution in [2.45, 2.75) is 31.7 Å². The van der Waals surface area contributed by atoms with Crippen molar-refractivity contribution in [1.82, 2.24) is 5.32 Å². The highest BCUT2D eigenvalue weighted by molar-refractivity contribution is 7.16. The van der Waals surface area contributed by atoms with Crippen molar-refractivity contribution < 1.29 is 0 Å². The molecular formula is C17H20ClNS. The van der Waals surface area contributed by atoms with Crippen LogP contribution in [-0.4, -0.2) is 12.6 Å². The van der Waals surface area contributed by atoms with Crippen molar-refractivity contribution in [1.29, 1.82) is 0 Å². The van der Waals surface area contributed by atoms with Crippen LogP contribution in [0.4, 0.5) is 0 Å². The van der Waals surface area contributed by atoms with E-state index in [0.717, 1.165) is 29.8 Å². The van der Waals surface area contributed by atoms with Crippen molar-refractivity contribution in [3.05, 3.63) is 57.2 Å². The Morgan fingerprint density at radius 1 is 1.10 bits per heavy atom. The van der Waals surface area contributed by atoms with Gasteiger partial charge < -0.3 is 5.32 Å². The van der Waals surface area contributed by atoms with E-state index in [1.165, 1.54) is 23.3 Å². The Hall–Kier alpha value is -0.830. The maximum absolute atomic E-state index is 6.04. The molecule has 20 heavy (non-hydrogen) atoms. The van der Waals surface area contributed by atoms with E-state index in [0.29, 0.717) is 5.92 Å². The van der Waals surface area contributed by atoms with Gasteiger partial charge in [-0.3, -0.25) is 0 Å². The summed E-state index contributed by atoms with van der Waals surface area (Å²) in [5, 5.41) is 3.68. The van der Waals surface area contributed by atoms with Crippen LogP contribution >= 0.6 is 22.9 Å². The van der Waals surface area contributed by atoms with Crippen LogP contribution in [0.15, 0.2) is 42.5 Å². The van der Waals surface area contributed by atoms with E-state index in [2.05, 4.69) is 41.7 Å². The first-order valence-electron chi connectivity index (χ1n) is 7.31. The van der Waals surface area contributed by atoms with Crippen LogP contribution in [0, 0.1) is 5.92 Å². The Morgan fingerprint density at radius 3 is 2.55 bits per heavy atom. The number of hydrogen-bond acceptors (Lipinski definition) is 2. The molecule has 3 heteroatoms. The fraction of sp³-hybridized carbons (Fsp3) is 0.412. The minimum absolute atomic E-state index is 0.646. The summed E-state index contributed by atoms with van der Waals surface area (Å²) in [5.41, 5.74) is 1.43. The average Bonchev–Trinajstić information content (AvgIpc) is 3.20. The fourth-order valence-corrected chi connectivity index (χ4v) is 3.73. The van der Waals surface area contributed by atoms with Gasteiger partial charge in [0.25, 0.3) is 0 Å². The molecule has 1 aromatic carbocycles. The maximum Gasteiger partial charge on any atom is 0.0931 e. The summed E-state index contributed by atoms with van der Waals surface area (Å²) >= 11 is 7.76. The van der Waals surface area contributed by atoms with Gasteiger partial charge in [0, 0.05) is 10.9 Å². The summed E-state index contributed by atoms with van der Waals surface area (Å²) in [7, 11) is 0. The van der Waals surface area contributed by atoms with Crippen molar-refractivity contribution in [3.8, 4) is 0 Å². The number of halogens is 1. The van der Waals surface area contributed by atoms with Crippen LogP contribution in [0.1, 0.15) is 23.3 Å². The van der Waals surface area contributed by atoms with Crippen molar-refractivity contribution in [3.63, 3.8) is 0 Å². The normalized spacial score (nSPS) is 16.2. The van der Waals surface area contributed by atoms with Gasteiger partial charge in [0.2, 0.25) is 0 Å². The number of benzene rings is 1. The van der Waals surface area contributed by atoms with Gasteiger partial charge in [-0.2, -0.15) is 0 Å². The van der Waals surface area contributed by atoms with Gasteiger partial charge in [-0.25, -0.2) is 0 Å². The van der Waals surface area contributed by atoms with E-state index in [1.807, 2.05) is 6.07 Å². The molecule has 1 aromatic heterocycles. The summed E-state index contributed by atoms with van der Waals surface area (Å²) in [4.78, 5) is 1.40. The Labute approximate surface area is 130 Å². The van der Waals surface area contributed by atoms with E-state index in [-0.39, 0.29) is 0 Å². The first-order valence-corrected chi connectivity index (χ1v) is 8.50. The van der Waals surface area contributed by atoms with Gasteiger partial charge in [-0.05, 0) is 55.8 Å². The molecule has 0 bridgehead atoms. The monoisotopic (exact) mass is 305 g/mol. The quantitative estimate of drug-likeness (QED) is 0.791. The zero-order valence-corrected chi connectivity index (χ0v) is 13.1. The van der Waals surface area contributed by atoms with E-state index in [1.54, 1.807) is 11.3 Å². The number of hydrogen-bond donors (Lipinski definition) is 1. The smallest absolute Gasteiger partial charge is 0.0931 e. The predicted octanol–water partition coefficient (Wildman–Crippen LogP) is 4.55. The predicted molar refractivity (Wildman–Crippen MR) is 87.7 cm³/mol. The molecule has 0 spiro atoms. The lowest BCUT2D eigenvalue weighted by Gasteiger charge is -2.17. The highest BCUT2D eigenvalue weighted by atomic mass is 35.5. The summed E-state index contributed by atoms with van der Waals surface area (Å²) in [5.74, 6) is 0.646. The van der Waals surface area contributed by atoms with Crippen LogP contribution in [0.3, 0.4) is 0 Å². The zero-order chi connectivity index (χ0) is 13.8. The summed E-state index contributed by atoms with van der Waals surface area (Å²) in [6.07, 6.45) is 4.95. The molecule has 0 amide bonds. The second kappa shape index (κ2) is 6.75. The minimum atomic E-state index is 0.646. The largest absolute Gasteiger partial charge is 0.314 e. The molecular weight excluding hydrogens is 286 g/mol. The van der Waals surface area contributed by atoms with E-state index >= 15 is 0 Å². The van der Waals surface area contributed by atoms with E-state index in [9.17, 15) is 0 Å². The third-order valence-electron chi connectivity index (χ3n) is 3.76. The molecule has 1 saturated carbocycles. The Balaban J connectivity index is 1.62. The molecule has 106 valence electrons. The van der Waals surface area contributed by atoms with Gasteiger partial charge >= 0.3 is 0 Å². The molecule has 1 nitrogen and oxygen atoms in total.